The van der Waals surface area contributed by atoms with Crippen LogP contribution in [0.2, 0.25) is 5.02 Å². The molecule has 0 saturated carbocycles. The highest BCUT2D eigenvalue weighted by atomic mass is 35.5. The molecule has 0 fully saturated rings. The quantitative estimate of drug-likeness (QED) is 0.505. The summed E-state index contributed by atoms with van der Waals surface area (Å²) in [5.41, 5.74) is 6.11. The molecular formula is C17H12ClN5O2. The average Bonchev–Trinajstić information content (AvgIpc) is 2.88. The Balaban J connectivity index is 2.84. The van der Waals surface area contributed by atoms with E-state index in [-0.39, 0.29) is 22.6 Å². The van der Waals surface area contributed by atoms with Crippen molar-refractivity contribution in [2.45, 2.75) is 19.6 Å². The van der Waals surface area contributed by atoms with E-state index in [4.69, 9.17) is 26.9 Å². The van der Waals surface area contributed by atoms with Crippen LogP contribution in [0, 0.1) is 34.0 Å². The highest BCUT2D eigenvalue weighted by Crippen LogP contribution is 2.47. The number of rotatable bonds is 3. The third-order valence-electron chi connectivity index (χ3n) is 3.25. The summed E-state index contributed by atoms with van der Waals surface area (Å²) in [6.07, 6.45) is 0. The second kappa shape index (κ2) is 6.97. The van der Waals surface area contributed by atoms with Crippen LogP contribution in [0.5, 0.6) is 0 Å². The zero-order valence-corrected chi connectivity index (χ0v) is 14.1. The van der Waals surface area contributed by atoms with E-state index < -0.39 is 5.79 Å². The Morgan fingerprint density at radius 2 is 1.80 bits per heavy atom. The van der Waals surface area contributed by atoms with Crippen LogP contribution in [0.1, 0.15) is 19.4 Å². The molecule has 0 amide bonds. The van der Waals surface area contributed by atoms with E-state index in [9.17, 15) is 15.8 Å². The molecule has 2 N–H and O–H groups in total. The normalized spacial score (nSPS) is 18.5. The van der Waals surface area contributed by atoms with E-state index >= 15 is 0 Å². The number of halogens is 1. The number of nitrogens with zero attached hydrogens (tertiary/aromatic N) is 4. The fourth-order valence-electron chi connectivity index (χ4n) is 2.23. The zero-order chi connectivity index (χ0) is 18.6. The summed E-state index contributed by atoms with van der Waals surface area (Å²) < 4.78 is 5.63. The van der Waals surface area contributed by atoms with E-state index in [1.807, 2.05) is 6.07 Å². The van der Waals surface area contributed by atoms with Gasteiger partial charge in [0.25, 0.3) is 0 Å². The lowest BCUT2D eigenvalue weighted by atomic mass is 9.90. The maximum absolute atomic E-state index is 9.41. The summed E-state index contributed by atoms with van der Waals surface area (Å²) in [6.45, 7) is 3.37. The molecular weight excluding hydrogens is 342 g/mol. The molecule has 0 bridgehead atoms. The molecule has 1 atom stereocenters. The van der Waals surface area contributed by atoms with E-state index in [1.54, 1.807) is 50.3 Å². The first-order chi connectivity index (χ1) is 11.9. The van der Waals surface area contributed by atoms with Crippen molar-refractivity contribution < 1.29 is 9.57 Å². The number of oxime groups is 1. The second-order valence-electron chi connectivity index (χ2n) is 5.18. The lowest BCUT2D eigenvalue weighted by molar-refractivity contribution is -0.187. The van der Waals surface area contributed by atoms with E-state index in [1.165, 1.54) is 0 Å². The Labute approximate surface area is 149 Å². The Bertz CT molecular complexity index is 906. The fourth-order valence-corrected chi connectivity index (χ4v) is 2.35. The number of allylic oxidation sites excluding steroid dienone is 1. The third kappa shape index (κ3) is 3.12. The lowest BCUT2D eigenvalue weighted by Gasteiger charge is -2.28. The molecule has 1 heterocycles. The lowest BCUT2D eigenvalue weighted by Crippen LogP contribution is -2.32. The number of nitrogens with two attached hydrogens (primary N) is 1. The molecule has 0 aliphatic carbocycles. The van der Waals surface area contributed by atoms with Gasteiger partial charge in [-0.05, 0) is 38.1 Å². The van der Waals surface area contributed by atoms with Crippen LogP contribution in [0.3, 0.4) is 0 Å². The number of nitriles is 3. The van der Waals surface area contributed by atoms with Gasteiger partial charge < -0.3 is 15.3 Å². The minimum absolute atomic E-state index is 0.0928. The molecule has 1 aliphatic rings. The predicted molar refractivity (Wildman–Crippen MR) is 89.2 cm³/mol. The summed E-state index contributed by atoms with van der Waals surface area (Å²) in [6, 6.07) is 11.6. The summed E-state index contributed by atoms with van der Waals surface area (Å²) in [5.74, 6) is -2.10. The maximum atomic E-state index is 9.41. The highest BCUT2D eigenvalue weighted by molar-refractivity contribution is 6.30. The van der Waals surface area contributed by atoms with Gasteiger partial charge in [0.05, 0.1) is 11.3 Å². The van der Waals surface area contributed by atoms with Crippen LogP contribution >= 0.6 is 11.6 Å². The molecule has 1 aliphatic heterocycles. The standard InChI is InChI=1S/C17H12ClN5O2/c1-10(2)23-25-17(12-3-5-13(18)6-4-12)15(11(7-19)8-20)14(9-21)16(22)24-17/h3-6H,22H2,1-2H3/t17-/m1/s1. The minimum Gasteiger partial charge on any atom is -0.426 e. The van der Waals surface area contributed by atoms with Crippen molar-refractivity contribution in [1.29, 1.82) is 15.8 Å². The molecule has 124 valence electrons. The van der Waals surface area contributed by atoms with Gasteiger partial charge >= 0.3 is 5.79 Å². The van der Waals surface area contributed by atoms with Crippen LogP contribution in [-0.4, -0.2) is 5.71 Å². The summed E-state index contributed by atoms with van der Waals surface area (Å²) in [4.78, 5) is 5.57. The van der Waals surface area contributed by atoms with Gasteiger partial charge in [0, 0.05) is 10.6 Å². The number of hydrogen-bond acceptors (Lipinski definition) is 7. The molecule has 8 heteroatoms. The number of ether oxygens (including phenoxy) is 1. The molecule has 0 radical (unpaired) electrons. The summed E-state index contributed by atoms with van der Waals surface area (Å²) in [5, 5.41) is 32.4. The van der Waals surface area contributed by atoms with Crippen molar-refractivity contribution in [1.82, 2.24) is 0 Å². The molecule has 25 heavy (non-hydrogen) atoms. The number of benzene rings is 1. The summed E-state index contributed by atoms with van der Waals surface area (Å²) in [7, 11) is 0. The van der Waals surface area contributed by atoms with Crippen LogP contribution in [0.25, 0.3) is 0 Å². The zero-order valence-electron chi connectivity index (χ0n) is 13.4. The minimum atomic E-state index is -1.84. The van der Waals surface area contributed by atoms with E-state index in [2.05, 4.69) is 5.16 Å². The van der Waals surface area contributed by atoms with Crippen molar-refractivity contribution in [2.75, 3.05) is 0 Å². The van der Waals surface area contributed by atoms with E-state index in [0.29, 0.717) is 16.3 Å². The Morgan fingerprint density at radius 1 is 1.20 bits per heavy atom. The van der Waals surface area contributed by atoms with Crippen LogP contribution < -0.4 is 5.73 Å². The molecule has 1 aromatic rings. The first-order valence-corrected chi connectivity index (χ1v) is 7.37. The van der Waals surface area contributed by atoms with Gasteiger partial charge in [0.2, 0.25) is 5.88 Å². The molecule has 0 spiro atoms. The third-order valence-corrected chi connectivity index (χ3v) is 3.50. The van der Waals surface area contributed by atoms with Gasteiger partial charge in [-0.15, -0.1) is 0 Å². The Morgan fingerprint density at radius 3 is 2.28 bits per heavy atom. The van der Waals surface area contributed by atoms with Gasteiger partial charge in [-0.1, -0.05) is 16.8 Å². The second-order valence-corrected chi connectivity index (χ2v) is 5.62. The van der Waals surface area contributed by atoms with Crippen molar-refractivity contribution in [2.24, 2.45) is 10.9 Å². The molecule has 0 unspecified atom stereocenters. The molecule has 0 saturated heterocycles. The van der Waals surface area contributed by atoms with Crippen molar-refractivity contribution >= 4 is 17.3 Å². The maximum Gasteiger partial charge on any atom is 0.333 e. The SMILES string of the molecule is CC(C)=NO[C@@]1(c2ccc(Cl)cc2)OC(N)=C(C#N)C1=C(C#N)C#N. The van der Waals surface area contributed by atoms with Crippen molar-refractivity contribution in [3.63, 3.8) is 0 Å². The van der Waals surface area contributed by atoms with Crippen LogP contribution in [-0.2, 0) is 15.4 Å². The summed E-state index contributed by atoms with van der Waals surface area (Å²) >= 11 is 5.92. The predicted octanol–water partition coefficient (Wildman–Crippen LogP) is 2.97. The van der Waals surface area contributed by atoms with Gasteiger partial charge in [0.15, 0.2) is 0 Å². The molecule has 1 aromatic carbocycles. The molecule has 2 rings (SSSR count). The number of hydrogen-bond donors (Lipinski definition) is 1. The van der Waals surface area contributed by atoms with E-state index in [0.717, 1.165) is 0 Å². The van der Waals surface area contributed by atoms with Gasteiger partial charge in [-0.2, -0.15) is 15.8 Å². The first kappa shape index (κ1) is 17.9. The molecule has 0 aromatic heterocycles. The molecule has 7 nitrogen and oxygen atoms in total. The van der Waals surface area contributed by atoms with Gasteiger partial charge in [0.1, 0.15) is 29.4 Å². The van der Waals surface area contributed by atoms with Crippen LogP contribution in [0.4, 0.5) is 0 Å². The van der Waals surface area contributed by atoms with Crippen molar-refractivity contribution in [3.8, 4) is 18.2 Å². The highest BCUT2D eigenvalue weighted by Gasteiger charge is 2.52. The average molecular weight is 354 g/mol. The largest absolute Gasteiger partial charge is 0.426 e. The van der Waals surface area contributed by atoms with Crippen molar-refractivity contribution in [3.05, 3.63) is 57.5 Å². The van der Waals surface area contributed by atoms with Crippen LogP contribution in [0.15, 0.2) is 52.0 Å². The topological polar surface area (TPSA) is 128 Å². The first-order valence-electron chi connectivity index (χ1n) is 6.99. The monoisotopic (exact) mass is 353 g/mol. The Hall–Kier alpha value is -3.47. The van der Waals surface area contributed by atoms with Gasteiger partial charge in [-0.25, -0.2) is 0 Å². The van der Waals surface area contributed by atoms with Gasteiger partial charge in [-0.3, -0.25) is 0 Å². The smallest absolute Gasteiger partial charge is 0.333 e. The Kier molecular flexibility index (Phi) is 4.98. The fraction of sp³-hybridized carbons (Fsp3) is 0.176.